The third kappa shape index (κ3) is 4.38. The van der Waals surface area contributed by atoms with Crippen molar-refractivity contribution in [1.82, 2.24) is 5.32 Å². The number of nitrogens with one attached hydrogen (secondary N) is 1. The first-order valence-corrected chi connectivity index (χ1v) is 8.84. The molecule has 1 amide bonds. The second-order valence-electron chi connectivity index (χ2n) is 6.10. The number of benzene rings is 1. The van der Waals surface area contributed by atoms with E-state index in [2.05, 4.69) is 5.32 Å². The van der Waals surface area contributed by atoms with E-state index in [1.165, 1.54) is 0 Å². The van der Waals surface area contributed by atoms with Crippen molar-refractivity contribution in [2.45, 2.75) is 50.4 Å². The van der Waals surface area contributed by atoms with Crippen molar-refractivity contribution in [2.24, 2.45) is 0 Å². The number of hydrogen-bond acceptors (Lipinski definition) is 3. The molecule has 0 spiro atoms. The van der Waals surface area contributed by atoms with Crippen molar-refractivity contribution >= 4 is 29.1 Å². The maximum absolute atomic E-state index is 12.2. The van der Waals surface area contributed by atoms with Crippen LogP contribution in [0.3, 0.4) is 0 Å². The summed E-state index contributed by atoms with van der Waals surface area (Å²) in [6.45, 7) is 1.32. The molecule has 3 rings (SSSR count). The molecule has 0 radical (unpaired) electrons. The minimum atomic E-state index is 0.0289. The highest BCUT2D eigenvalue weighted by molar-refractivity contribution is 6.36. The highest BCUT2D eigenvalue weighted by atomic mass is 35.5. The lowest BCUT2D eigenvalue weighted by molar-refractivity contribution is -0.158. The van der Waals surface area contributed by atoms with Gasteiger partial charge < -0.3 is 14.8 Å². The number of carbonyl (C=O) groups excluding carboxylic acids is 1. The summed E-state index contributed by atoms with van der Waals surface area (Å²) in [5.41, 5.74) is 0.832. The van der Waals surface area contributed by atoms with Crippen LogP contribution in [0.15, 0.2) is 18.2 Å². The Balaban J connectivity index is 1.48. The molecule has 126 valence electrons. The Morgan fingerprint density at radius 2 is 1.83 bits per heavy atom. The molecular weight excluding hydrogens is 337 g/mol. The van der Waals surface area contributed by atoms with Gasteiger partial charge in [-0.25, -0.2) is 0 Å². The number of halogens is 2. The summed E-state index contributed by atoms with van der Waals surface area (Å²) in [7, 11) is 0. The van der Waals surface area contributed by atoms with Crippen LogP contribution >= 0.6 is 23.2 Å². The number of amides is 1. The third-order valence-electron chi connectivity index (χ3n) is 4.51. The summed E-state index contributed by atoms with van der Waals surface area (Å²) in [5.74, 6) is 0.0289. The van der Waals surface area contributed by atoms with Gasteiger partial charge in [0.2, 0.25) is 5.91 Å². The highest BCUT2D eigenvalue weighted by Gasteiger charge is 2.34. The SMILES string of the molecule is O=C(CCc1c(Cl)cccc1Cl)NC1CCC2OCCOC2C1. The van der Waals surface area contributed by atoms with Crippen molar-refractivity contribution in [3.8, 4) is 0 Å². The Morgan fingerprint density at radius 3 is 2.57 bits per heavy atom. The van der Waals surface area contributed by atoms with Gasteiger partial charge in [0.25, 0.3) is 0 Å². The van der Waals surface area contributed by atoms with Gasteiger partial charge in [-0.2, -0.15) is 0 Å². The highest BCUT2D eigenvalue weighted by Crippen LogP contribution is 2.28. The normalized spacial score (nSPS) is 27.3. The molecule has 0 aromatic heterocycles. The van der Waals surface area contributed by atoms with Crippen LogP contribution in [0.25, 0.3) is 0 Å². The molecule has 4 nitrogen and oxygen atoms in total. The number of hydrogen-bond donors (Lipinski definition) is 1. The largest absolute Gasteiger partial charge is 0.373 e. The van der Waals surface area contributed by atoms with Crippen molar-refractivity contribution in [3.63, 3.8) is 0 Å². The molecule has 2 fully saturated rings. The van der Waals surface area contributed by atoms with Gasteiger partial charge in [-0.05, 0) is 43.4 Å². The first-order chi connectivity index (χ1) is 11.1. The number of rotatable bonds is 4. The van der Waals surface area contributed by atoms with Gasteiger partial charge in [0.1, 0.15) is 0 Å². The third-order valence-corrected chi connectivity index (χ3v) is 5.22. The minimum absolute atomic E-state index is 0.0289. The Bertz CT molecular complexity index is 547. The van der Waals surface area contributed by atoms with Gasteiger partial charge in [0, 0.05) is 22.5 Å². The van der Waals surface area contributed by atoms with Crippen LogP contribution in [0.5, 0.6) is 0 Å². The molecule has 2 aliphatic rings. The van der Waals surface area contributed by atoms with Crippen LogP contribution in [0.2, 0.25) is 10.0 Å². The van der Waals surface area contributed by atoms with Crippen LogP contribution in [0, 0.1) is 0 Å². The average Bonchev–Trinajstić information content (AvgIpc) is 2.54. The molecule has 1 aromatic carbocycles. The number of carbonyl (C=O) groups is 1. The van der Waals surface area contributed by atoms with Gasteiger partial charge >= 0.3 is 0 Å². The molecule has 0 bridgehead atoms. The molecule has 3 atom stereocenters. The fourth-order valence-corrected chi connectivity index (χ4v) is 3.89. The lowest BCUT2D eigenvalue weighted by Crippen LogP contribution is -2.49. The molecule has 1 aliphatic carbocycles. The summed E-state index contributed by atoms with van der Waals surface area (Å²) < 4.78 is 11.4. The van der Waals surface area contributed by atoms with E-state index in [0.717, 1.165) is 24.8 Å². The molecule has 23 heavy (non-hydrogen) atoms. The molecule has 1 aromatic rings. The molecule has 6 heteroatoms. The van der Waals surface area contributed by atoms with E-state index in [-0.39, 0.29) is 24.2 Å². The minimum Gasteiger partial charge on any atom is -0.373 e. The zero-order chi connectivity index (χ0) is 16.2. The maximum Gasteiger partial charge on any atom is 0.220 e. The summed E-state index contributed by atoms with van der Waals surface area (Å²) in [6.07, 6.45) is 3.92. The Labute approximate surface area is 146 Å². The van der Waals surface area contributed by atoms with Crippen molar-refractivity contribution in [3.05, 3.63) is 33.8 Å². The van der Waals surface area contributed by atoms with Crippen LogP contribution in [-0.4, -0.2) is 37.4 Å². The quantitative estimate of drug-likeness (QED) is 0.898. The smallest absolute Gasteiger partial charge is 0.220 e. The van der Waals surface area contributed by atoms with Crippen molar-refractivity contribution in [2.75, 3.05) is 13.2 Å². The van der Waals surface area contributed by atoms with E-state index in [1.54, 1.807) is 18.2 Å². The van der Waals surface area contributed by atoms with Crippen molar-refractivity contribution < 1.29 is 14.3 Å². The van der Waals surface area contributed by atoms with E-state index in [0.29, 0.717) is 36.1 Å². The topological polar surface area (TPSA) is 47.6 Å². The Hall–Kier alpha value is -0.810. The van der Waals surface area contributed by atoms with E-state index >= 15 is 0 Å². The lowest BCUT2D eigenvalue weighted by Gasteiger charge is -2.39. The van der Waals surface area contributed by atoms with E-state index in [9.17, 15) is 4.79 Å². The molecule has 1 N–H and O–H groups in total. The van der Waals surface area contributed by atoms with Crippen LogP contribution < -0.4 is 5.32 Å². The average molecular weight is 358 g/mol. The van der Waals surface area contributed by atoms with Crippen LogP contribution in [-0.2, 0) is 20.7 Å². The van der Waals surface area contributed by atoms with Gasteiger partial charge in [0.05, 0.1) is 25.4 Å². The molecule has 1 aliphatic heterocycles. The fraction of sp³-hybridized carbons (Fsp3) is 0.588. The molecule has 1 saturated heterocycles. The van der Waals surface area contributed by atoms with Crippen molar-refractivity contribution in [1.29, 1.82) is 0 Å². The summed E-state index contributed by atoms with van der Waals surface area (Å²) in [6, 6.07) is 5.55. The van der Waals surface area contributed by atoms with Crippen LogP contribution in [0.1, 0.15) is 31.2 Å². The molecule has 1 saturated carbocycles. The first kappa shape index (κ1) is 17.0. The van der Waals surface area contributed by atoms with Gasteiger partial charge in [0.15, 0.2) is 0 Å². The standard InChI is InChI=1S/C17H21Cl2NO3/c18-13-2-1-3-14(19)12(13)5-7-17(21)20-11-4-6-15-16(10-11)23-9-8-22-15/h1-3,11,15-16H,4-10H2,(H,20,21). The van der Waals surface area contributed by atoms with E-state index in [1.807, 2.05) is 0 Å². The van der Waals surface area contributed by atoms with Crippen LogP contribution in [0.4, 0.5) is 0 Å². The van der Waals surface area contributed by atoms with Gasteiger partial charge in [-0.15, -0.1) is 0 Å². The second kappa shape index (κ2) is 7.84. The number of ether oxygens (including phenoxy) is 2. The molecular formula is C17H21Cl2NO3. The summed E-state index contributed by atoms with van der Waals surface area (Å²) in [4.78, 5) is 12.2. The predicted octanol–water partition coefficient (Wildman–Crippen LogP) is 3.38. The lowest BCUT2D eigenvalue weighted by atomic mass is 9.89. The van der Waals surface area contributed by atoms with E-state index in [4.69, 9.17) is 32.7 Å². The predicted molar refractivity (Wildman–Crippen MR) is 90.0 cm³/mol. The van der Waals surface area contributed by atoms with E-state index < -0.39 is 0 Å². The zero-order valence-electron chi connectivity index (χ0n) is 12.9. The summed E-state index contributed by atoms with van der Waals surface area (Å²) >= 11 is 12.3. The summed E-state index contributed by atoms with van der Waals surface area (Å²) in [5, 5.41) is 4.32. The van der Waals surface area contributed by atoms with Gasteiger partial charge in [-0.1, -0.05) is 29.3 Å². The Kier molecular flexibility index (Phi) is 5.81. The zero-order valence-corrected chi connectivity index (χ0v) is 14.4. The Morgan fingerprint density at radius 1 is 1.13 bits per heavy atom. The van der Waals surface area contributed by atoms with Gasteiger partial charge in [-0.3, -0.25) is 4.79 Å². The molecule has 1 heterocycles. The maximum atomic E-state index is 12.2. The first-order valence-electron chi connectivity index (χ1n) is 8.09. The monoisotopic (exact) mass is 357 g/mol. The molecule has 3 unspecified atom stereocenters. The fourth-order valence-electron chi connectivity index (χ4n) is 3.31. The number of fused-ring (bicyclic) bond motifs is 1. The second-order valence-corrected chi connectivity index (χ2v) is 6.91.